The standard InChI is InChI=1S/C13H14N6S/c1-8(2)11-16-13(20-18-11)19-7-15-12(17-19)9-3-5-10(14)6-4-9/h3-8H,14H2,1-2H3. The lowest BCUT2D eigenvalue weighted by atomic mass is 10.2. The SMILES string of the molecule is CC(C)c1nsc(-n2cnc(-c3ccc(N)cc3)n2)n1. The molecule has 3 aromatic rings. The first-order valence-electron chi connectivity index (χ1n) is 6.25. The Labute approximate surface area is 120 Å². The smallest absolute Gasteiger partial charge is 0.231 e. The van der Waals surface area contributed by atoms with Gasteiger partial charge in [0.25, 0.3) is 0 Å². The van der Waals surface area contributed by atoms with Crippen LogP contribution in [0.15, 0.2) is 30.6 Å². The molecule has 0 fully saturated rings. The molecule has 0 aliphatic rings. The van der Waals surface area contributed by atoms with Gasteiger partial charge in [-0.15, -0.1) is 5.10 Å². The molecule has 0 saturated heterocycles. The molecule has 0 radical (unpaired) electrons. The van der Waals surface area contributed by atoms with Gasteiger partial charge in [0.1, 0.15) is 12.2 Å². The van der Waals surface area contributed by atoms with Gasteiger partial charge in [0.05, 0.1) is 0 Å². The monoisotopic (exact) mass is 286 g/mol. The zero-order valence-corrected chi connectivity index (χ0v) is 12.0. The van der Waals surface area contributed by atoms with Crippen LogP contribution in [0.4, 0.5) is 5.69 Å². The first-order chi connectivity index (χ1) is 9.63. The Morgan fingerprint density at radius 1 is 1.20 bits per heavy atom. The van der Waals surface area contributed by atoms with E-state index in [1.54, 1.807) is 11.0 Å². The van der Waals surface area contributed by atoms with Gasteiger partial charge in [-0.1, -0.05) is 13.8 Å². The Morgan fingerprint density at radius 2 is 1.95 bits per heavy atom. The average Bonchev–Trinajstić information content (AvgIpc) is 3.08. The zero-order valence-electron chi connectivity index (χ0n) is 11.2. The minimum atomic E-state index is 0.306. The Hall–Kier alpha value is -2.28. The van der Waals surface area contributed by atoms with Crippen molar-refractivity contribution in [3.63, 3.8) is 0 Å². The summed E-state index contributed by atoms with van der Waals surface area (Å²) in [7, 11) is 0. The van der Waals surface area contributed by atoms with Crippen LogP contribution >= 0.6 is 11.5 Å². The number of nitrogens with zero attached hydrogens (tertiary/aromatic N) is 5. The summed E-state index contributed by atoms with van der Waals surface area (Å²) in [5, 5.41) is 5.15. The van der Waals surface area contributed by atoms with Crippen molar-refractivity contribution in [3.05, 3.63) is 36.4 Å². The summed E-state index contributed by atoms with van der Waals surface area (Å²) >= 11 is 1.32. The van der Waals surface area contributed by atoms with Crippen molar-refractivity contribution in [1.82, 2.24) is 24.1 Å². The van der Waals surface area contributed by atoms with Gasteiger partial charge in [0.2, 0.25) is 5.13 Å². The second kappa shape index (κ2) is 5.01. The Balaban J connectivity index is 1.91. The van der Waals surface area contributed by atoms with Crippen LogP contribution in [-0.2, 0) is 0 Å². The number of anilines is 1. The predicted molar refractivity (Wildman–Crippen MR) is 78.8 cm³/mol. The third-order valence-corrected chi connectivity index (χ3v) is 3.52. The van der Waals surface area contributed by atoms with Gasteiger partial charge in [-0.2, -0.15) is 9.06 Å². The van der Waals surface area contributed by atoms with Gasteiger partial charge in [-0.05, 0) is 24.3 Å². The minimum Gasteiger partial charge on any atom is -0.399 e. The Bertz CT molecular complexity index is 713. The molecular formula is C13H14N6S. The van der Waals surface area contributed by atoms with E-state index in [1.165, 1.54) is 11.5 Å². The molecular weight excluding hydrogens is 272 g/mol. The van der Waals surface area contributed by atoms with Crippen molar-refractivity contribution in [1.29, 1.82) is 0 Å². The Morgan fingerprint density at radius 3 is 2.60 bits per heavy atom. The van der Waals surface area contributed by atoms with Crippen molar-refractivity contribution in [2.45, 2.75) is 19.8 Å². The molecule has 3 rings (SSSR count). The quantitative estimate of drug-likeness (QED) is 0.748. The summed E-state index contributed by atoms with van der Waals surface area (Å²) in [6, 6.07) is 7.46. The van der Waals surface area contributed by atoms with Crippen LogP contribution in [0, 0.1) is 0 Å². The molecule has 0 bridgehead atoms. The molecule has 20 heavy (non-hydrogen) atoms. The molecule has 0 unspecified atom stereocenters. The second-order valence-electron chi connectivity index (χ2n) is 4.72. The third-order valence-electron chi connectivity index (χ3n) is 2.80. The summed E-state index contributed by atoms with van der Waals surface area (Å²) in [5.41, 5.74) is 7.31. The van der Waals surface area contributed by atoms with Crippen LogP contribution in [0.3, 0.4) is 0 Å². The lowest BCUT2D eigenvalue weighted by molar-refractivity contribution is 0.781. The van der Waals surface area contributed by atoms with Gasteiger partial charge < -0.3 is 5.73 Å². The number of nitrogens with two attached hydrogens (primary N) is 1. The maximum absolute atomic E-state index is 5.67. The lowest BCUT2D eigenvalue weighted by Crippen LogP contribution is -1.96. The molecule has 7 heteroatoms. The summed E-state index contributed by atoms with van der Waals surface area (Å²) in [6.07, 6.45) is 1.65. The molecule has 2 N–H and O–H groups in total. The molecule has 0 spiro atoms. The number of aromatic nitrogens is 5. The van der Waals surface area contributed by atoms with Gasteiger partial charge in [0.15, 0.2) is 5.82 Å². The maximum atomic E-state index is 5.67. The second-order valence-corrected chi connectivity index (χ2v) is 5.45. The summed E-state index contributed by atoms with van der Waals surface area (Å²) in [5.74, 6) is 1.78. The van der Waals surface area contributed by atoms with E-state index in [-0.39, 0.29) is 0 Å². The molecule has 1 aromatic carbocycles. The van der Waals surface area contributed by atoms with Crippen LogP contribution in [0.1, 0.15) is 25.6 Å². The zero-order chi connectivity index (χ0) is 14.1. The molecule has 2 heterocycles. The fraction of sp³-hybridized carbons (Fsp3) is 0.231. The van der Waals surface area contributed by atoms with E-state index in [0.29, 0.717) is 11.7 Å². The van der Waals surface area contributed by atoms with Crippen molar-refractivity contribution >= 4 is 17.2 Å². The highest BCUT2D eigenvalue weighted by molar-refractivity contribution is 7.08. The molecule has 102 valence electrons. The molecule has 0 amide bonds. The van der Waals surface area contributed by atoms with Crippen molar-refractivity contribution in [3.8, 4) is 16.5 Å². The van der Waals surface area contributed by atoms with Crippen molar-refractivity contribution in [2.24, 2.45) is 0 Å². The molecule has 0 aliphatic heterocycles. The molecule has 0 saturated carbocycles. The first-order valence-corrected chi connectivity index (χ1v) is 7.02. The van der Waals surface area contributed by atoms with Crippen LogP contribution in [0.2, 0.25) is 0 Å². The number of rotatable bonds is 3. The number of nitrogen functional groups attached to an aromatic ring is 1. The van der Waals surface area contributed by atoms with E-state index in [4.69, 9.17) is 5.73 Å². The highest BCUT2D eigenvalue weighted by atomic mass is 32.1. The van der Waals surface area contributed by atoms with Crippen LogP contribution in [-0.4, -0.2) is 24.1 Å². The van der Waals surface area contributed by atoms with Crippen molar-refractivity contribution < 1.29 is 0 Å². The van der Waals surface area contributed by atoms with E-state index in [1.807, 2.05) is 24.3 Å². The van der Waals surface area contributed by atoms with Crippen LogP contribution in [0.25, 0.3) is 16.5 Å². The number of hydrogen-bond donors (Lipinski definition) is 1. The molecule has 0 aliphatic carbocycles. The Kier molecular flexibility index (Phi) is 3.19. The normalized spacial score (nSPS) is 11.2. The van der Waals surface area contributed by atoms with Gasteiger partial charge >= 0.3 is 0 Å². The first kappa shape index (κ1) is 12.7. The van der Waals surface area contributed by atoms with Gasteiger partial charge in [-0.3, -0.25) is 0 Å². The third kappa shape index (κ3) is 2.39. The minimum absolute atomic E-state index is 0.306. The highest BCUT2D eigenvalue weighted by Gasteiger charge is 2.11. The average molecular weight is 286 g/mol. The fourth-order valence-corrected chi connectivity index (χ4v) is 2.41. The summed E-state index contributed by atoms with van der Waals surface area (Å²) in [6.45, 7) is 4.12. The summed E-state index contributed by atoms with van der Waals surface area (Å²) < 4.78 is 5.96. The lowest BCUT2D eigenvalue weighted by Gasteiger charge is -1.96. The van der Waals surface area contributed by atoms with Gasteiger partial charge in [0, 0.05) is 28.7 Å². The predicted octanol–water partition coefficient (Wildman–Crippen LogP) is 2.49. The number of benzene rings is 1. The maximum Gasteiger partial charge on any atom is 0.231 e. The van der Waals surface area contributed by atoms with E-state index in [9.17, 15) is 0 Å². The van der Waals surface area contributed by atoms with E-state index >= 15 is 0 Å². The van der Waals surface area contributed by atoms with E-state index in [2.05, 4.69) is 33.3 Å². The molecule has 2 aromatic heterocycles. The summed E-state index contributed by atoms with van der Waals surface area (Å²) in [4.78, 5) is 8.75. The van der Waals surface area contributed by atoms with Crippen LogP contribution < -0.4 is 5.73 Å². The fourth-order valence-electron chi connectivity index (χ4n) is 1.67. The molecule has 6 nitrogen and oxygen atoms in total. The van der Waals surface area contributed by atoms with Gasteiger partial charge in [-0.25, -0.2) is 9.97 Å². The topological polar surface area (TPSA) is 82.5 Å². The van der Waals surface area contributed by atoms with E-state index < -0.39 is 0 Å². The largest absolute Gasteiger partial charge is 0.399 e. The number of hydrogen-bond acceptors (Lipinski definition) is 6. The molecule has 0 atom stereocenters. The van der Waals surface area contributed by atoms with Crippen molar-refractivity contribution in [2.75, 3.05) is 5.73 Å². The van der Waals surface area contributed by atoms with Crippen LogP contribution in [0.5, 0.6) is 0 Å². The van der Waals surface area contributed by atoms with E-state index in [0.717, 1.165) is 22.2 Å². The highest BCUT2D eigenvalue weighted by Crippen LogP contribution is 2.19.